The quantitative estimate of drug-likeness (QED) is 0.162. The van der Waals surface area contributed by atoms with E-state index in [9.17, 15) is 22.8 Å². The van der Waals surface area contributed by atoms with Crippen molar-refractivity contribution in [2.24, 2.45) is 0 Å². The summed E-state index contributed by atoms with van der Waals surface area (Å²) in [6.45, 7) is 3.76. The molecule has 2 amide bonds. The maximum Gasteiger partial charge on any atom is 0.422 e. The molecule has 3 rings (SSSR count). The second-order valence-corrected chi connectivity index (χ2v) is 13.3. The molecule has 1 atom stereocenters. The zero-order valence-corrected chi connectivity index (χ0v) is 26.2. The lowest BCUT2D eigenvalue weighted by molar-refractivity contribution is -0.122. The minimum atomic E-state index is -4.00. The summed E-state index contributed by atoms with van der Waals surface area (Å²) in [7, 11) is -4.00. The van der Waals surface area contributed by atoms with E-state index >= 15 is 0 Å². The van der Waals surface area contributed by atoms with Crippen LogP contribution in [0.15, 0.2) is 22.0 Å². The molecule has 220 valence electrons. The standard InChI is InChI=1S/C27H32Cl4N2O6S/c1-3-4-5-6-7-8-9-10-11-12-15-40(37,38)24-20(30)18(28)22(19(29)21(24)31)33-26(35)23(39-27(33)36)17-16(2)13-14-32-25(17)34/h13-14,23H,3-12,15H2,1-2H3,(H,32,34). The maximum atomic E-state index is 13.3. The predicted octanol–water partition coefficient (Wildman–Crippen LogP) is 8.22. The van der Waals surface area contributed by atoms with Crippen molar-refractivity contribution in [3.63, 3.8) is 0 Å². The third-order valence-corrected chi connectivity index (χ3v) is 10.6. The number of unbranched alkanes of at least 4 members (excludes halogenated alkanes) is 9. The van der Waals surface area contributed by atoms with Crippen molar-refractivity contribution in [2.45, 2.75) is 89.1 Å². The molecule has 40 heavy (non-hydrogen) atoms. The minimum absolute atomic E-state index is 0.0662. The van der Waals surface area contributed by atoms with Crippen LogP contribution in [-0.2, 0) is 19.4 Å². The lowest BCUT2D eigenvalue weighted by Crippen LogP contribution is -2.31. The molecule has 0 bridgehead atoms. The molecule has 1 aliphatic rings. The number of aryl methyl sites for hydroxylation is 1. The minimum Gasteiger partial charge on any atom is -0.430 e. The monoisotopic (exact) mass is 652 g/mol. The molecule has 0 spiro atoms. The summed E-state index contributed by atoms with van der Waals surface area (Å²) in [6, 6.07) is 1.54. The number of amides is 2. The zero-order chi connectivity index (χ0) is 29.6. The first kappa shape index (κ1) is 32.7. The van der Waals surface area contributed by atoms with Crippen LogP contribution in [0, 0.1) is 6.92 Å². The highest BCUT2D eigenvalue weighted by Crippen LogP contribution is 2.50. The third-order valence-electron chi connectivity index (χ3n) is 6.83. The van der Waals surface area contributed by atoms with E-state index in [1.165, 1.54) is 38.3 Å². The van der Waals surface area contributed by atoms with Crippen LogP contribution < -0.4 is 10.5 Å². The lowest BCUT2D eigenvalue weighted by Gasteiger charge is -2.20. The number of pyridine rings is 1. The maximum absolute atomic E-state index is 13.3. The number of carbonyl (C=O) groups is 2. The van der Waals surface area contributed by atoms with Crippen molar-refractivity contribution in [2.75, 3.05) is 10.7 Å². The number of sulfone groups is 1. The summed E-state index contributed by atoms with van der Waals surface area (Å²) in [4.78, 5) is 40.8. The average molecular weight is 654 g/mol. The summed E-state index contributed by atoms with van der Waals surface area (Å²) in [6.07, 6.45) is 8.96. The van der Waals surface area contributed by atoms with Crippen molar-refractivity contribution in [3.05, 3.63) is 53.8 Å². The fourth-order valence-electron chi connectivity index (χ4n) is 4.66. The van der Waals surface area contributed by atoms with Crippen molar-refractivity contribution in [1.82, 2.24) is 4.98 Å². The van der Waals surface area contributed by atoms with E-state index in [0.29, 0.717) is 16.9 Å². The largest absolute Gasteiger partial charge is 0.430 e. The van der Waals surface area contributed by atoms with Gasteiger partial charge in [0.05, 0.1) is 37.1 Å². The molecule has 0 radical (unpaired) electrons. The number of aromatic nitrogens is 1. The fraction of sp³-hybridized carbons (Fsp3) is 0.519. The van der Waals surface area contributed by atoms with Crippen molar-refractivity contribution < 1.29 is 22.7 Å². The van der Waals surface area contributed by atoms with Crippen LogP contribution in [0.1, 0.15) is 88.4 Å². The summed E-state index contributed by atoms with van der Waals surface area (Å²) in [5.41, 5.74) is -0.685. The van der Waals surface area contributed by atoms with Crippen LogP contribution >= 0.6 is 46.4 Å². The first-order valence-electron chi connectivity index (χ1n) is 13.3. The predicted molar refractivity (Wildman–Crippen MR) is 159 cm³/mol. The highest BCUT2D eigenvalue weighted by atomic mass is 35.5. The number of nitrogens with zero attached hydrogens (tertiary/aromatic N) is 1. The van der Waals surface area contributed by atoms with Crippen LogP contribution in [0.2, 0.25) is 20.1 Å². The number of nitrogens with one attached hydrogen (secondary N) is 1. The zero-order valence-electron chi connectivity index (χ0n) is 22.3. The van der Waals surface area contributed by atoms with Crippen molar-refractivity contribution in [3.8, 4) is 0 Å². The van der Waals surface area contributed by atoms with Crippen molar-refractivity contribution in [1.29, 1.82) is 0 Å². The average Bonchev–Trinajstić information content (AvgIpc) is 3.17. The summed E-state index contributed by atoms with van der Waals surface area (Å²) >= 11 is 25.6. The molecule has 1 N–H and O–H groups in total. The molecular weight excluding hydrogens is 622 g/mol. The number of benzene rings is 1. The molecule has 1 aromatic carbocycles. The highest BCUT2D eigenvalue weighted by molar-refractivity contribution is 7.91. The molecule has 0 saturated carbocycles. The number of carbonyl (C=O) groups excluding carboxylic acids is 2. The molecule has 1 aromatic heterocycles. The lowest BCUT2D eigenvalue weighted by atomic mass is 10.1. The van der Waals surface area contributed by atoms with Gasteiger partial charge < -0.3 is 9.72 Å². The summed E-state index contributed by atoms with van der Waals surface area (Å²) < 4.78 is 31.6. The molecule has 1 unspecified atom stereocenters. The van der Waals surface area contributed by atoms with E-state index in [1.54, 1.807) is 13.0 Å². The van der Waals surface area contributed by atoms with Gasteiger partial charge in [-0.15, -0.1) is 0 Å². The number of imide groups is 1. The number of halogens is 4. The Hall–Kier alpha value is -1.78. The molecule has 13 heteroatoms. The molecule has 2 aromatic rings. The normalized spacial score (nSPS) is 15.7. The first-order valence-corrected chi connectivity index (χ1v) is 16.4. The summed E-state index contributed by atoms with van der Waals surface area (Å²) in [5.74, 6) is -1.18. The molecule has 1 saturated heterocycles. The van der Waals surface area contributed by atoms with Gasteiger partial charge in [-0.3, -0.25) is 9.59 Å². The number of ether oxygens (including phenoxy) is 1. The second-order valence-electron chi connectivity index (χ2n) is 9.78. The van der Waals surface area contributed by atoms with Crippen LogP contribution in [0.25, 0.3) is 0 Å². The van der Waals surface area contributed by atoms with Crippen molar-refractivity contribution >= 4 is 73.9 Å². The fourth-order valence-corrected chi connectivity index (χ4v) is 8.03. The van der Waals surface area contributed by atoms with Gasteiger partial charge in [0.2, 0.25) is 6.10 Å². The van der Waals surface area contributed by atoms with Gasteiger partial charge in [0.1, 0.15) is 4.90 Å². The number of anilines is 1. The van der Waals surface area contributed by atoms with E-state index in [-0.39, 0.29) is 11.3 Å². The first-order chi connectivity index (χ1) is 18.9. The van der Waals surface area contributed by atoms with Crippen LogP contribution in [0.5, 0.6) is 0 Å². The Labute approximate surface area is 254 Å². The van der Waals surface area contributed by atoms with E-state index in [2.05, 4.69) is 11.9 Å². The Bertz CT molecular complexity index is 1400. The van der Waals surface area contributed by atoms with E-state index < -0.39 is 64.2 Å². The Morgan fingerprint density at radius 1 is 0.850 bits per heavy atom. The summed E-state index contributed by atoms with van der Waals surface area (Å²) in [5, 5.41) is -1.84. The number of aromatic amines is 1. The van der Waals surface area contributed by atoms with Crippen LogP contribution in [0.3, 0.4) is 0 Å². The van der Waals surface area contributed by atoms with Crippen LogP contribution in [0.4, 0.5) is 10.5 Å². The van der Waals surface area contributed by atoms with E-state index in [1.807, 2.05) is 0 Å². The Kier molecular flexibility index (Phi) is 11.8. The van der Waals surface area contributed by atoms with Gasteiger partial charge in [0, 0.05) is 6.20 Å². The Morgan fingerprint density at radius 2 is 1.38 bits per heavy atom. The van der Waals surface area contributed by atoms with Gasteiger partial charge >= 0.3 is 6.09 Å². The van der Waals surface area contributed by atoms with Gasteiger partial charge in [0.15, 0.2) is 9.84 Å². The van der Waals surface area contributed by atoms with E-state index in [0.717, 1.165) is 25.7 Å². The third kappa shape index (κ3) is 7.16. The molecule has 8 nitrogen and oxygen atoms in total. The number of cyclic esters (lactones) is 1. The Balaban J connectivity index is 1.77. The van der Waals surface area contributed by atoms with Gasteiger partial charge in [0.25, 0.3) is 11.5 Å². The second kappa shape index (κ2) is 14.4. The highest BCUT2D eigenvalue weighted by Gasteiger charge is 2.47. The molecule has 1 aliphatic heterocycles. The molecular formula is C27H32Cl4N2O6S. The number of H-pyrrole nitrogens is 1. The number of hydrogen-bond acceptors (Lipinski definition) is 6. The SMILES string of the molecule is CCCCCCCCCCCCS(=O)(=O)c1c(Cl)c(Cl)c(N2C(=O)OC(c3c(C)cc[nH]c3=O)C2=O)c(Cl)c1Cl. The van der Waals surface area contributed by atoms with Gasteiger partial charge in [-0.1, -0.05) is 111 Å². The topological polar surface area (TPSA) is 114 Å². The molecule has 1 fully saturated rings. The van der Waals surface area contributed by atoms with E-state index in [4.69, 9.17) is 51.1 Å². The Morgan fingerprint density at radius 3 is 1.90 bits per heavy atom. The van der Waals surface area contributed by atoms with Gasteiger partial charge in [-0.2, -0.15) is 0 Å². The smallest absolute Gasteiger partial charge is 0.422 e. The molecule has 0 aliphatic carbocycles. The van der Waals surface area contributed by atoms with Gasteiger partial charge in [-0.25, -0.2) is 18.1 Å². The number of rotatable bonds is 14. The molecule has 2 heterocycles. The number of hydrogen-bond donors (Lipinski definition) is 1. The van der Waals surface area contributed by atoms with Gasteiger partial charge in [-0.05, 0) is 25.0 Å². The van der Waals surface area contributed by atoms with Crippen LogP contribution in [-0.4, -0.2) is 31.2 Å².